The first kappa shape index (κ1) is 22.6. The smallest absolute Gasteiger partial charge is 0.412 e. The topological polar surface area (TPSA) is 104 Å². The molecule has 8 heteroatoms. The molecule has 2 N–H and O–H groups in total. The van der Waals surface area contributed by atoms with Crippen molar-refractivity contribution < 1.29 is 23.8 Å². The zero-order valence-electron chi connectivity index (χ0n) is 18.5. The number of pyridine rings is 1. The van der Waals surface area contributed by atoms with E-state index in [1.54, 1.807) is 4.90 Å². The molecule has 31 heavy (non-hydrogen) atoms. The summed E-state index contributed by atoms with van der Waals surface area (Å²) in [6.45, 7) is 9.68. The monoisotopic (exact) mass is 427 g/mol. The Morgan fingerprint density at radius 3 is 2.52 bits per heavy atom. The summed E-state index contributed by atoms with van der Waals surface area (Å²) in [6.07, 6.45) is 1.69. The van der Waals surface area contributed by atoms with E-state index in [0.29, 0.717) is 24.3 Å². The second-order valence-electron chi connectivity index (χ2n) is 8.96. The number of rotatable bonds is 5. The van der Waals surface area contributed by atoms with Gasteiger partial charge in [-0.1, -0.05) is 12.1 Å². The van der Waals surface area contributed by atoms with Gasteiger partial charge in [-0.25, -0.2) is 9.78 Å². The van der Waals surface area contributed by atoms with Crippen molar-refractivity contribution >= 4 is 12.0 Å². The standard InChI is InChI=1S/C23H29N3O5/c1-22(2,3)31-21(28)26-17(14-29-23(26,4)5)12-15-6-8-18(9-7-15)30-19-13-16(20(24)27)10-11-25-19/h6-11,13,17H,12,14H2,1-5H3,(H2,24,27)/t17-/m0/s1. The molecule has 0 saturated carbocycles. The van der Waals surface area contributed by atoms with Crippen LogP contribution in [0.2, 0.25) is 0 Å². The van der Waals surface area contributed by atoms with Gasteiger partial charge in [-0.15, -0.1) is 0 Å². The predicted molar refractivity (Wildman–Crippen MR) is 115 cm³/mol. The van der Waals surface area contributed by atoms with Crippen molar-refractivity contribution in [1.29, 1.82) is 0 Å². The van der Waals surface area contributed by atoms with Crippen LogP contribution in [-0.4, -0.2) is 45.9 Å². The van der Waals surface area contributed by atoms with Crippen LogP contribution < -0.4 is 10.5 Å². The molecule has 8 nitrogen and oxygen atoms in total. The summed E-state index contributed by atoms with van der Waals surface area (Å²) in [6, 6.07) is 10.3. The van der Waals surface area contributed by atoms with E-state index in [-0.39, 0.29) is 18.0 Å². The number of nitrogens with zero attached hydrogens (tertiary/aromatic N) is 2. The highest BCUT2D eigenvalue weighted by atomic mass is 16.6. The number of nitrogens with two attached hydrogens (primary N) is 1. The summed E-state index contributed by atoms with van der Waals surface area (Å²) < 4.78 is 17.2. The highest BCUT2D eigenvalue weighted by Gasteiger charge is 2.45. The Labute approximate surface area is 182 Å². The van der Waals surface area contributed by atoms with Crippen LogP contribution in [0, 0.1) is 0 Å². The van der Waals surface area contributed by atoms with Gasteiger partial charge in [0.05, 0.1) is 12.6 Å². The Bertz CT molecular complexity index is 950. The Morgan fingerprint density at radius 1 is 1.23 bits per heavy atom. The van der Waals surface area contributed by atoms with E-state index in [0.717, 1.165) is 5.56 Å². The summed E-state index contributed by atoms with van der Waals surface area (Å²) in [7, 11) is 0. The number of carbonyl (C=O) groups excluding carboxylic acids is 2. The van der Waals surface area contributed by atoms with E-state index in [9.17, 15) is 9.59 Å². The molecule has 0 aliphatic carbocycles. The lowest BCUT2D eigenvalue weighted by atomic mass is 10.0. The molecule has 1 aliphatic rings. The molecule has 1 saturated heterocycles. The summed E-state index contributed by atoms with van der Waals surface area (Å²) >= 11 is 0. The van der Waals surface area contributed by atoms with Crippen molar-refractivity contribution in [2.24, 2.45) is 5.73 Å². The fourth-order valence-corrected chi connectivity index (χ4v) is 3.42. The second kappa shape index (κ2) is 8.55. The van der Waals surface area contributed by atoms with E-state index in [2.05, 4.69) is 4.98 Å². The van der Waals surface area contributed by atoms with Crippen LogP contribution in [0.1, 0.15) is 50.5 Å². The molecule has 1 aliphatic heterocycles. The van der Waals surface area contributed by atoms with E-state index >= 15 is 0 Å². The first-order valence-corrected chi connectivity index (χ1v) is 10.1. The van der Waals surface area contributed by atoms with Gasteiger partial charge in [0, 0.05) is 17.8 Å². The number of benzene rings is 1. The lowest BCUT2D eigenvalue weighted by Crippen LogP contribution is -2.50. The number of aromatic nitrogens is 1. The number of ether oxygens (including phenoxy) is 3. The number of hydrogen-bond donors (Lipinski definition) is 1. The van der Waals surface area contributed by atoms with Crippen molar-refractivity contribution in [3.05, 3.63) is 53.7 Å². The minimum absolute atomic E-state index is 0.148. The zero-order valence-corrected chi connectivity index (χ0v) is 18.5. The number of carbonyl (C=O) groups is 2. The van der Waals surface area contributed by atoms with Crippen LogP contribution in [-0.2, 0) is 15.9 Å². The summed E-state index contributed by atoms with van der Waals surface area (Å²) in [5, 5.41) is 0. The number of primary amides is 1. The van der Waals surface area contributed by atoms with Crippen LogP contribution in [0.15, 0.2) is 42.6 Å². The minimum Gasteiger partial charge on any atom is -0.444 e. The molecule has 0 spiro atoms. The average molecular weight is 428 g/mol. The zero-order chi connectivity index (χ0) is 22.8. The third-order valence-electron chi connectivity index (χ3n) is 4.80. The van der Waals surface area contributed by atoms with Gasteiger partial charge in [-0.2, -0.15) is 0 Å². The van der Waals surface area contributed by atoms with Crippen LogP contribution in [0.25, 0.3) is 0 Å². The summed E-state index contributed by atoms with van der Waals surface area (Å²) in [4.78, 5) is 29.8. The second-order valence-corrected chi connectivity index (χ2v) is 8.96. The van der Waals surface area contributed by atoms with Crippen LogP contribution in [0.5, 0.6) is 11.6 Å². The highest BCUT2D eigenvalue weighted by Crippen LogP contribution is 2.31. The average Bonchev–Trinajstić information content (AvgIpc) is 2.96. The fourth-order valence-electron chi connectivity index (χ4n) is 3.42. The van der Waals surface area contributed by atoms with Crippen molar-refractivity contribution in [3.63, 3.8) is 0 Å². The lowest BCUT2D eigenvalue weighted by molar-refractivity contribution is -0.0624. The SMILES string of the molecule is CC(C)(C)OC(=O)N1[C@@H](Cc2ccc(Oc3cc(C(N)=O)ccn3)cc2)COC1(C)C. The predicted octanol–water partition coefficient (Wildman–Crippen LogP) is 3.89. The van der Waals surface area contributed by atoms with Crippen molar-refractivity contribution in [2.75, 3.05) is 6.61 Å². The van der Waals surface area contributed by atoms with E-state index in [4.69, 9.17) is 19.9 Å². The van der Waals surface area contributed by atoms with Gasteiger partial charge < -0.3 is 19.9 Å². The maximum absolute atomic E-state index is 12.8. The number of amides is 2. The van der Waals surface area contributed by atoms with E-state index in [1.165, 1.54) is 18.3 Å². The molecule has 1 atom stereocenters. The molecule has 1 aromatic carbocycles. The molecule has 2 amide bonds. The molecule has 0 unspecified atom stereocenters. The van der Waals surface area contributed by atoms with Crippen LogP contribution in [0.4, 0.5) is 4.79 Å². The molecular formula is C23H29N3O5. The highest BCUT2D eigenvalue weighted by molar-refractivity contribution is 5.92. The lowest BCUT2D eigenvalue weighted by Gasteiger charge is -2.35. The van der Waals surface area contributed by atoms with E-state index < -0.39 is 17.2 Å². The number of hydrogen-bond acceptors (Lipinski definition) is 6. The van der Waals surface area contributed by atoms with Gasteiger partial charge >= 0.3 is 6.09 Å². The molecule has 2 aromatic rings. The van der Waals surface area contributed by atoms with Gasteiger partial charge in [-0.05, 0) is 64.8 Å². The van der Waals surface area contributed by atoms with Gasteiger partial charge in [0.25, 0.3) is 0 Å². The molecule has 0 radical (unpaired) electrons. The van der Waals surface area contributed by atoms with Crippen molar-refractivity contribution in [1.82, 2.24) is 9.88 Å². The molecule has 1 aromatic heterocycles. The Hall–Kier alpha value is -3.13. The normalized spacial score (nSPS) is 18.0. The van der Waals surface area contributed by atoms with Crippen molar-refractivity contribution in [2.45, 2.75) is 58.4 Å². The van der Waals surface area contributed by atoms with Gasteiger partial charge in [0.1, 0.15) is 17.1 Å². The third kappa shape index (κ3) is 5.73. The van der Waals surface area contributed by atoms with Gasteiger partial charge in [0.15, 0.2) is 0 Å². The maximum atomic E-state index is 12.8. The van der Waals surface area contributed by atoms with Crippen molar-refractivity contribution in [3.8, 4) is 11.6 Å². The first-order chi connectivity index (χ1) is 14.4. The quantitative estimate of drug-likeness (QED) is 0.776. The molecule has 2 heterocycles. The Balaban J connectivity index is 1.69. The summed E-state index contributed by atoms with van der Waals surface area (Å²) in [5.41, 5.74) is 5.31. The third-order valence-corrected chi connectivity index (χ3v) is 4.80. The fraction of sp³-hybridized carbons (Fsp3) is 0.435. The molecule has 166 valence electrons. The first-order valence-electron chi connectivity index (χ1n) is 10.1. The molecule has 0 bridgehead atoms. The van der Waals surface area contributed by atoms with Crippen LogP contribution >= 0.6 is 0 Å². The Morgan fingerprint density at radius 2 is 1.90 bits per heavy atom. The van der Waals surface area contributed by atoms with E-state index in [1.807, 2.05) is 58.9 Å². The Kier molecular flexibility index (Phi) is 6.22. The molecule has 3 rings (SSSR count). The van der Waals surface area contributed by atoms with Crippen LogP contribution in [0.3, 0.4) is 0 Å². The minimum atomic E-state index is -0.743. The van der Waals surface area contributed by atoms with Gasteiger partial charge in [-0.3, -0.25) is 9.69 Å². The largest absolute Gasteiger partial charge is 0.444 e. The summed E-state index contributed by atoms with van der Waals surface area (Å²) in [5.74, 6) is 0.315. The van der Waals surface area contributed by atoms with Gasteiger partial charge in [0.2, 0.25) is 11.8 Å². The molecule has 1 fully saturated rings. The maximum Gasteiger partial charge on any atom is 0.412 e. The molecular weight excluding hydrogens is 398 g/mol.